The predicted molar refractivity (Wildman–Crippen MR) is 123 cm³/mol. The summed E-state index contributed by atoms with van der Waals surface area (Å²) in [7, 11) is 0. The van der Waals surface area contributed by atoms with E-state index in [2.05, 4.69) is 0 Å². The monoisotopic (exact) mass is 422 g/mol. The molecule has 4 aromatic rings. The molecule has 3 nitrogen and oxygen atoms in total. The lowest BCUT2D eigenvalue weighted by molar-refractivity contribution is -0.130. The molecule has 156 valence electrons. The fourth-order valence-electron chi connectivity index (χ4n) is 3.69. The predicted octanol–water partition coefficient (Wildman–Crippen LogP) is 6.54. The van der Waals surface area contributed by atoms with E-state index in [-0.39, 0.29) is 5.82 Å². The summed E-state index contributed by atoms with van der Waals surface area (Å²) < 4.78 is 24.8. The van der Waals surface area contributed by atoms with Crippen LogP contribution in [0.1, 0.15) is 16.7 Å². The third-order valence-corrected chi connectivity index (χ3v) is 5.32. The molecule has 0 atom stereocenters. The van der Waals surface area contributed by atoms with E-state index in [0.29, 0.717) is 29.3 Å². The number of hydrogen-bond acceptors (Lipinski definition) is 3. The number of esters is 1. The van der Waals surface area contributed by atoms with Crippen molar-refractivity contribution < 1.29 is 18.7 Å². The number of ether oxygens (including phenoxy) is 2. The van der Waals surface area contributed by atoms with Crippen molar-refractivity contribution in [3.05, 3.63) is 125 Å². The zero-order valence-corrected chi connectivity index (χ0v) is 17.1. The minimum absolute atomic E-state index is 0.342. The molecule has 0 saturated heterocycles. The van der Waals surface area contributed by atoms with Gasteiger partial charge in [0.2, 0.25) is 0 Å². The SMILES string of the molecule is O=C1OC(c2ccc(F)cc2)=C/C1=C\c1c(OCc2ccccc2)ccc2ccccc12. The molecule has 32 heavy (non-hydrogen) atoms. The maximum atomic E-state index is 13.2. The van der Waals surface area contributed by atoms with Crippen molar-refractivity contribution in [3.8, 4) is 5.75 Å². The van der Waals surface area contributed by atoms with E-state index in [1.807, 2.05) is 66.7 Å². The summed E-state index contributed by atoms with van der Waals surface area (Å²) in [5, 5.41) is 2.02. The summed E-state index contributed by atoms with van der Waals surface area (Å²) >= 11 is 0. The van der Waals surface area contributed by atoms with E-state index in [1.54, 1.807) is 24.3 Å². The largest absolute Gasteiger partial charge is 0.488 e. The number of rotatable bonds is 5. The van der Waals surface area contributed by atoms with Crippen LogP contribution in [-0.2, 0) is 16.1 Å². The lowest BCUT2D eigenvalue weighted by Crippen LogP contribution is -2.00. The molecule has 0 aromatic heterocycles. The Morgan fingerprint density at radius 2 is 1.59 bits per heavy atom. The van der Waals surface area contributed by atoms with Crippen LogP contribution in [0.25, 0.3) is 22.6 Å². The number of fused-ring (bicyclic) bond motifs is 1. The van der Waals surface area contributed by atoms with Crippen molar-refractivity contribution >= 4 is 28.6 Å². The molecule has 1 aliphatic heterocycles. The minimum atomic E-state index is -0.453. The number of carbonyl (C=O) groups is 1. The third kappa shape index (κ3) is 4.03. The average molecular weight is 422 g/mol. The van der Waals surface area contributed by atoms with Gasteiger partial charge >= 0.3 is 5.97 Å². The van der Waals surface area contributed by atoms with Gasteiger partial charge in [-0.2, -0.15) is 0 Å². The Kier molecular flexibility index (Phi) is 5.26. The van der Waals surface area contributed by atoms with Crippen molar-refractivity contribution in [2.75, 3.05) is 0 Å². The Hall–Kier alpha value is -4.18. The molecule has 1 aliphatic rings. The molecule has 0 radical (unpaired) electrons. The molecule has 1 heterocycles. The van der Waals surface area contributed by atoms with Gasteiger partial charge in [-0.15, -0.1) is 0 Å². The number of hydrogen-bond donors (Lipinski definition) is 0. The number of benzene rings is 4. The first-order valence-corrected chi connectivity index (χ1v) is 10.3. The van der Waals surface area contributed by atoms with Crippen LogP contribution >= 0.6 is 0 Å². The van der Waals surface area contributed by atoms with Gasteiger partial charge in [0.1, 0.15) is 23.9 Å². The average Bonchev–Trinajstić information content (AvgIpc) is 3.19. The summed E-state index contributed by atoms with van der Waals surface area (Å²) in [6, 6.07) is 27.6. The Labute approximate surface area is 185 Å². The topological polar surface area (TPSA) is 35.5 Å². The molecule has 0 unspecified atom stereocenters. The van der Waals surface area contributed by atoms with Gasteiger partial charge in [-0.05, 0) is 58.8 Å². The van der Waals surface area contributed by atoms with Gasteiger partial charge in [0, 0.05) is 11.1 Å². The molecule has 0 amide bonds. The number of cyclic esters (lactones) is 1. The smallest absolute Gasteiger partial charge is 0.343 e. The first-order valence-electron chi connectivity index (χ1n) is 10.3. The van der Waals surface area contributed by atoms with Crippen LogP contribution in [-0.4, -0.2) is 5.97 Å². The molecule has 0 saturated carbocycles. The lowest BCUT2D eigenvalue weighted by Gasteiger charge is -2.12. The van der Waals surface area contributed by atoms with Crippen LogP contribution in [0.4, 0.5) is 4.39 Å². The molecule has 0 fully saturated rings. The summed E-state index contributed by atoms with van der Waals surface area (Å²) in [4.78, 5) is 12.6. The number of carbonyl (C=O) groups excluding carboxylic acids is 1. The van der Waals surface area contributed by atoms with E-state index in [9.17, 15) is 9.18 Å². The summed E-state index contributed by atoms with van der Waals surface area (Å²) in [5.74, 6) is 0.279. The van der Waals surface area contributed by atoms with Crippen LogP contribution in [0.2, 0.25) is 0 Å². The van der Waals surface area contributed by atoms with E-state index >= 15 is 0 Å². The first kappa shape index (κ1) is 19.8. The van der Waals surface area contributed by atoms with Crippen LogP contribution in [0.5, 0.6) is 5.75 Å². The Morgan fingerprint density at radius 3 is 2.41 bits per heavy atom. The quantitative estimate of drug-likeness (QED) is 0.271. The summed E-state index contributed by atoms with van der Waals surface area (Å²) in [6.07, 6.45) is 3.47. The third-order valence-electron chi connectivity index (χ3n) is 5.32. The van der Waals surface area contributed by atoms with Gasteiger partial charge in [-0.25, -0.2) is 9.18 Å². The Balaban J connectivity index is 1.55. The van der Waals surface area contributed by atoms with Crippen LogP contribution in [0.15, 0.2) is 103 Å². The Morgan fingerprint density at radius 1 is 0.844 bits per heavy atom. The Bertz CT molecular complexity index is 1350. The van der Waals surface area contributed by atoms with Gasteiger partial charge in [-0.3, -0.25) is 0 Å². The van der Waals surface area contributed by atoms with Gasteiger partial charge in [0.05, 0.1) is 5.57 Å². The van der Waals surface area contributed by atoms with E-state index in [1.165, 1.54) is 12.1 Å². The molecule has 0 spiro atoms. The molecule has 5 rings (SSSR count). The van der Waals surface area contributed by atoms with Crippen molar-refractivity contribution in [1.29, 1.82) is 0 Å². The van der Waals surface area contributed by atoms with Crippen molar-refractivity contribution in [2.45, 2.75) is 6.61 Å². The zero-order chi connectivity index (χ0) is 21.9. The summed E-state index contributed by atoms with van der Waals surface area (Å²) in [5.41, 5.74) is 2.91. The molecule has 4 heteroatoms. The lowest BCUT2D eigenvalue weighted by atomic mass is 10.0. The van der Waals surface area contributed by atoms with Crippen LogP contribution in [0, 0.1) is 5.82 Å². The highest BCUT2D eigenvalue weighted by molar-refractivity contribution is 6.07. The highest BCUT2D eigenvalue weighted by Crippen LogP contribution is 2.34. The van der Waals surface area contributed by atoms with Crippen molar-refractivity contribution in [2.24, 2.45) is 0 Å². The van der Waals surface area contributed by atoms with E-state index in [4.69, 9.17) is 9.47 Å². The minimum Gasteiger partial charge on any atom is -0.488 e. The zero-order valence-electron chi connectivity index (χ0n) is 17.1. The van der Waals surface area contributed by atoms with Gasteiger partial charge in [-0.1, -0.05) is 60.7 Å². The molecule has 0 N–H and O–H groups in total. The normalized spacial score (nSPS) is 14.5. The van der Waals surface area contributed by atoms with Gasteiger partial charge in [0.25, 0.3) is 0 Å². The second kappa shape index (κ2) is 8.52. The maximum absolute atomic E-state index is 13.2. The standard InChI is InChI=1S/C28H19FO3/c29-23-13-10-21(11-14-23)27-17-22(28(30)32-27)16-25-24-9-5-4-8-20(24)12-15-26(25)31-18-19-6-2-1-3-7-19/h1-17H,18H2/b22-16+. The van der Waals surface area contributed by atoms with Crippen molar-refractivity contribution in [3.63, 3.8) is 0 Å². The second-order valence-electron chi connectivity index (χ2n) is 7.48. The fourth-order valence-corrected chi connectivity index (χ4v) is 3.69. The molecular formula is C28H19FO3. The van der Waals surface area contributed by atoms with Crippen molar-refractivity contribution in [1.82, 2.24) is 0 Å². The summed E-state index contributed by atoms with van der Waals surface area (Å²) in [6.45, 7) is 0.413. The fraction of sp³-hybridized carbons (Fsp3) is 0.0357. The maximum Gasteiger partial charge on any atom is 0.343 e. The number of halogens is 1. The molecular weight excluding hydrogens is 403 g/mol. The molecule has 0 bridgehead atoms. The van der Waals surface area contributed by atoms with E-state index in [0.717, 1.165) is 21.9 Å². The first-order chi connectivity index (χ1) is 15.7. The molecule has 0 aliphatic carbocycles. The van der Waals surface area contributed by atoms with Gasteiger partial charge in [0.15, 0.2) is 0 Å². The van der Waals surface area contributed by atoms with E-state index < -0.39 is 5.97 Å². The van der Waals surface area contributed by atoms with Gasteiger partial charge < -0.3 is 9.47 Å². The van der Waals surface area contributed by atoms with Crippen LogP contribution < -0.4 is 4.74 Å². The second-order valence-corrected chi connectivity index (χ2v) is 7.48. The highest BCUT2D eigenvalue weighted by Gasteiger charge is 2.23. The highest BCUT2D eigenvalue weighted by atomic mass is 19.1. The molecule has 4 aromatic carbocycles. The van der Waals surface area contributed by atoms with Crippen LogP contribution in [0.3, 0.4) is 0 Å².